The van der Waals surface area contributed by atoms with Gasteiger partial charge < -0.3 is 21.2 Å². The average Bonchev–Trinajstić information content (AvgIpc) is 2.78. The van der Waals surface area contributed by atoms with Crippen molar-refractivity contribution < 1.29 is 4.92 Å². The molecule has 31 heavy (non-hydrogen) atoms. The van der Waals surface area contributed by atoms with Gasteiger partial charge in [0.15, 0.2) is 11.6 Å². The number of nitrogens with two attached hydrogens (primary N) is 1. The maximum atomic E-state index is 11.0. The number of rotatable bonds is 7. The van der Waals surface area contributed by atoms with E-state index in [1.807, 2.05) is 24.3 Å². The molecule has 154 valence electrons. The SMILES string of the molecule is N=Cc1ccc(Nc2nc3ccccc3nc2NSc2cccc([N+](=O)[O-])c2)cc1N. The van der Waals surface area contributed by atoms with Gasteiger partial charge in [-0.25, -0.2) is 9.97 Å². The smallest absolute Gasteiger partial charge is 0.270 e. The summed E-state index contributed by atoms with van der Waals surface area (Å²) in [5.74, 6) is 0.934. The molecule has 0 aliphatic carbocycles. The molecular formula is C21H17N7O2S. The number of benzene rings is 3. The van der Waals surface area contributed by atoms with E-state index in [2.05, 4.69) is 20.0 Å². The predicted molar refractivity (Wildman–Crippen MR) is 124 cm³/mol. The van der Waals surface area contributed by atoms with Crippen LogP contribution in [0.1, 0.15) is 5.56 Å². The maximum Gasteiger partial charge on any atom is 0.270 e. The lowest BCUT2D eigenvalue weighted by Gasteiger charge is -2.13. The fourth-order valence-corrected chi connectivity index (χ4v) is 3.53. The second-order valence-corrected chi connectivity index (χ2v) is 7.36. The first kappa shape index (κ1) is 20.1. The number of anilines is 4. The predicted octanol–water partition coefficient (Wildman–Crippen LogP) is 4.98. The highest BCUT2D eigenvalue weighted by atomic mass is 32.2. The van der Waals surface area contributed by atoms with Gasteiger partial charge in [-0.3, -0.25) is 10.1 Å². The summed E-state index contributed by atoms with van der Waals surface area (Å²) in [4.78, 5) is 20.5. The molecule has 0 aliphatic rings. The van der Waals surface area contributed by atoms with Crippen molar-refractivity contribution in [3.63, 3.8) is 0 Å². The molecule has 0 radical (unpaired) electrons. The quantitative estimate of drug-likeness (QED) is 0.105. The first-order valence-electron chi connectivity index (χ1n) is 9.14. The number of nitrogens with one attached hydrogen (secondary N) is 3. The lowest BCUT2D eigenvalue weighted by molar-refractivity contribution is -0.385. The molecular weight excluding hydrogens is 414 g/mol. The minimum Gasteiger partial charge on any atom is -0.398 e. The van der Waals surface area contributed by atoms with Gasteiger partial charge in [0.25, 0.3) is 5.69 Å². The van der Waals surface area contributed by atoms with Crippen molar-refractivity contribution in [2.24, 2.45) is 0 Å². The summed E-state index contributed by atoms with van der Waals surface area (Å²) in [5.41, 5.74) is 9.18. The molecule has 5 N–H and O–H groups in total. The monoisotopic (exact) mass is 431 g/mol. The molecule has 0 unspecified atom stereocenters. The van der Waals surface area contributed by atoms with Crippen LogP contribution in [0.2, 0.25) is 0 Å². The number of aromatic nitrogens is 2. The highest BCUT2D eigenvalue weighted by Gasteiger charge is 2.12. The van der Waals surface area contributed by atoms with Crippen LogP contribution in [0.3, 0.4) is 0 Å². The van der Waals surface area contributed by atoms with Gasteiger partial charge in [0.2, 0.25) is 0 Å². The molecule has 1 aromatic heterocycles. The van der Waals surface area contributed by atoms with Crippen molar-refractivity contribution in [2.45, 2.75) is 4.90 Å². The Morgan fingerprint density at radius 2 is 1.74 bits per heavy atom. The van der Waals surface area contributed by atoms with Gasteiger partial charge in [0.1, 0.15) is 0 Å². The normalized spacial score (nSPS) is 10.6. The van der Waals surface area contributed by atoms with E-state index in [-0.39, 0.29) is 5.69 Å². The average molecular weight is 431 g/mol. The summed E-state index contributed by atoms with van der Waals surface area (Å²) in [6.45, 7) is 0. The molecule has 0 bridgehead atoms. The molecule has 4 aromatic rings. The zero-order chi connectivity index (χ0) is 21.8. The number of hydrogen-bond acceptors (Lipinski definition) is 9. The van der Waals surface area contributed by atoms with Gasteiger partial charge >= 0.3 is 0 Å². The van der Waals surface area contributed by atoms with Gasteiger partial charge in [-0.1, -0.05) is 18.2 Å². The van der Waals surface area contributed by atoms with Crippen molar-refractivity contribution >= 4 is 57.9 Å². The van der Waals surface area contributed by atoms with Crippen LogP contribution >= 0.6 is 11.9 Å². The summed E-state index contributed by atoms with van der Waals surface area (Å²) < 4.78 is 3.14. The van der Waals surface area contributed by atoms with E-state index in [0.717, 1.165) is 0 Å². The van der Waals surface area contributed by atoms with Gasteiger partial charge in [0.05, 0.1) is 16.0 Å². The van der Waals surface area contributed by atoms with E-state index in [4.69, 9.17) is 11.1 Å². The van der Waals surface area contributed by atoms with Crippen LogP contribution in [-0.2, 0) is 0 Å². The zero-order valence-electron chi connectivity index (χ0n) is 16.1. The molecule has 0 fully saturated rings. The van der Waals surface area contributed by atoms with E-state index in [0.29, 0.717) is 44.5 Å². The van der Waals surface area contributed by atoms with Crippen molar-refractivity contribution in [1.29, 1.82) is 5.41 Å². The fraction of sp³-hybridized carbons (Fsp3) is 0. The summed E-state index contributed by atoms with van der Waals surface area (Å²) in [7, 11) is 0. The number of nitro groups is 1. The molecule has 0 saturated heterocycles. The first-order valence-corrected chi connectivity index (χ1v) is 9.96. The van der Waals surface area contributed by atoms with Crippen molar-refractivity contribution in [2.75, 3.05) is 15.8 Å². The Bertz CT molecular complexity index is 1300. The van der Waals surface area contributed by atoms with E-state index in [9.17, 15) is 10.1 Å². The third-order valence-electron chi connectivity index (χ3n) is 4.37. The second-order valence-electron chi connectivity index (χ2n) is 6.48. The molecule has 10 heteroatoms. The van der Waals surface area contributed by atoms with Crippen LogP contribution < -0.4 is 15.8 Å². The van der Waals surface area contributed by atoms with Crippen LogP contribution in [0.15, 0.2) is 71.6 Å². The number of fused-ring (bicyclic) bond motifs is 1. The topological polar surface area (TPSA) is 143 Å². The number of nitro benzene ring substituents is 1. The summed E-state index contributed by atoms with van der Waals surface area (Å²) in [5, 5.41) is 21.6. The molecule has 4 rings (SSSR count). The number of non-ortho nitro benzene ring substituents is 1. The van der Waals surface area contributed by atoms with Crippen LogP contribution in [-0.4, -0.2) is 21.1 Å². The van der Waals surface area contributed by atoms with Gasteiger partial charge in [-0.15, -0.1) is 0 Å². The lowest BCUT2D eigenvalue weighted by Crippen LogP contribution is -2.03. The van der Waals surface area contributed by atoms with Crippen LogP contribution in [0.25, 0.3) is 11.0 Å². The molecule has 3 aromatic carbocycles. The Balaban J connectivity index is 1.66. The Kier molecular flexibility index (Phi) is 5.63. The third-order valence-corrected chi connectivity index (χ3v) is 5.15. The number of hydrogen-bond donors (Lipinski definition) is 4. The summed E-state index contributed by atoms with van der Waals surface area (Å²) >= 11 is 1.20. The molecule has 0 atom stereocenters. The van der Waals surface area contributed by atoms with Crippen molar-refractivity contribution in [1.82, 2.24) is 9.97 Å². The molecule has 9 nitrogen and oxygen atoms in total. The van der Waals surface area contributed by atoms with E-state index >= 15 is 0 Å². The fourth-order valence-electron chi connectivity index (χ4n) is 2.85. The molecule has 0 saturated carbocycles. The van der Waals surface area contributed by atoms with E-state index in [1.165, 1.54) is 30.3 Å². The largest absolute Gasteiger partial charge is 0.398 e. The highest BCUT2D eigenvalue weighted by Crippen LogP contribution is 2.30. The first-order chi connectivity index (χ1) is 15.0. The minimum atomic E-state index is -0.435. The van der Waals surface area contributed by atoms with Crippen LogP contribution in [0.4, 0.5) is 28.7 Å². The van der Waals surface area contributed by atoms with Gasteiger partial charge in [0, 0.05) is 40.2 Å². The summed E-state index contributed by atoms with van der Waals surface area (Å²) in [6, 6.07) is 19.0. The van der Waals surface area contributed by atoms with E-state index in [1.54, 1.807) is 30.3 Å². The Morgan fingerprint density at radius 3 is 2.42 bits per heavy atom. The zero-order valence-corrected chi connectivity index (χ0v) is 16.9. The van der Waals surface area contributed by atoms with Crippen molar-refractivity contribution in [3.8, 4) is 0 Å². The number of nitrogen functional groups attached to an aromatic ring is 1. The second kappa shape index (κ2) is 8.67. The molecule has 1 heterocycles. The maximum absolute atomic E-state index is 11.0. The van der Waals surface area contributed by atoms with Crippen LogP contribution in [0.5, 0.6) is 0 Å². The summed E-state index contributed by atoms with van der Waals surface area (Å²) in [6.07, 6.45) is 1.19. The minimum absolute atomic E-state index is 0.0107. The third kappa shape index (κ3) is 4.54. The van der Waals surface area contributed by atoms with Crippen molar-refractivity contribution in [3.05, 3.63) is 82.4 Å². The molecule has 0 amide bonds. The number of para-hydroxylation sites is 2. The number of nitrogens with zero attached hydrogens (tertiary/aromatic N) is 3. The van der Waals surface area contributed by atoms with Crippen LogP contribution in [0, 0.1) is 15.5 Å². The molecule has 0 spiro atoms. The Hall–Kier alpha value is -4.18. The van der Waals surface area contributed by atoms with Gasteiger partial charge in [-0.2, -0.15) is 0 Å². The van der Waals surface area contributed by atoms with E-state index < -0.39 is 4.92 Å². The lowest BCUT2D eigenvalue weighted by atomic mass is 10.2. The standard InChI is InChI=1S/C21H17N7O2S/c22-12-13-8-9-14(10-17(13)23)24-20-21(26-19-7-2-1-6-18(19)25-20)27-31-16-5-3-4-15(11-16)28(29)30/h1-12,22H,23H2,(H,24,25)(H,26,27). The highest BCUT2D eigenvalue weighted by molar-refractivity contribution is 8.00. The van der Waals surface area contributed by atoms with Gasteiger partial charge in [-0.05, 0) is 48.3 Å². The Morgan fingerprint density at radius 1 is 1.00 bits per heavy atom. The molecule has 0 aliphatic heterocycles. The Labute approximate surface area is 181 Å².